The van der Waals surface area contributed by atoms with Gasteiger partial charge in [-0.25, -0.2) is 4.98 Å². The van der Waals surface area contributed by atoms with Crippen LogP contribution in [0, 0.1) is 3.57 Å². The van der Waals surface area contributed by atoms with Crippen molar-refractivity contribution in [3.63, 3.8) is 0 Å². The fourth-order valence-electron chi connectivity index (χ4n) is 1.69. The molecule has 2 aromatic rings. The van der Waals surface area contributed by atoms with E-state index in [1.807, 2.05) is 12.1 Å². The normalized spacial score (nSPS) is 11.1. The highest BCUT2D eigenvalue weighted by Crippen LogP contribution is 2.06. The quantitative estimate of drug-likeness (QED) is 0.568. The maximum absolute atomic E-state index is 12.2. The van der Waals surface area contributed by atoms with Crippen molar-refractivity contribution in [3.05, 3.63) is 44.0 Å². The summed E-state index contributed by atoms with van der Waals surface area (Å²) in [5, 5.41) is 0. The van der Waals surface area contributed by atoms with Crippen molar-refractivity contribution in [1.29, 1.82) is 0 Å². The summed E-state index contributed by atoms with van der Waals surface area (Å²) >= 11 is 2.20. The van der Waals surface area contributed by atoms with E-state index in [1.165, 1.54) is 0 Å². The van der Waals surface area contributed by atoms with Crippen LogP contribution in [0.25, 0.3) is 5.65 Å². The molecular formula is C13H15IN2O3. The molecular weight excluding hydrogens is 359 g/mol. The number of pyridine rings is 1. The van der Waals surface area contributed by atoms with Gasteiger partial charge in [-0.05, 0) is 34.7 Å². The second kappa shape index (κ2) is 6.97. The first-order chi connectivity index (χ1) is 9.22. The highest BCUT2D eigenvalue weighted by atomic mass is 127. The third kappa shape index (κ3) is 3.74. The van der Waals surface area contributed by atoms with Gasteiger partial charge in [-0.2, -0.15) is 0 Å². The predicted molar refractivity (Wildman–Crippen MR) is 80.6 cm³/mol. The van der Waals surface area contributed by atoms with Crippen LogP contribution in [-0.2, 0) is 15.9 Å². The number of nitrogens with zero attached hydrogens (tertiary/aromatic N) is 2. The molecule has 0 aliphatic rings. The lowest BCUT2D eigenvalue weighted by Crippen LogP contribution is -2.20. The molecule has 0 atom stereocenters. The number of aromatic nitrogens is 2. The van der Waals surface area contributed by atoms with Crippen LogP contribution in [0.4, 0.5) is 0 Å². The molecule has 0 saturated carbocycles. The molecule has 5 nitrogen and oxygen atoms in total. The molecule has 0 aliphatic carbocycles. The number of methoxy groups -OCH3 is 1. The lowest BCUT2D eigenvalue weighted by Gasteiger charge is -2.05. The van der Waals surface area contributed by atoms with Crippen molar-refractivity contribution >= 4 is 28.2 Å². The average Bonchev–Trinajstić information content (AvgIpc) is 2.41. The Bertz CT molecular complexity index is 612. The maximum Gasteiger partial charge on any atom is 0.261 e. The third-order valence-electron chi connectivity index (χ3n) is 2.69. The molecule has 19 heavy (non-hydrogen) atoms. The first-order valence-electron chi connectivity index (χ1n) is 5.95. The summed E-state index contributed by atoms with van der Waals surface area (Å²) in [7, 11) is 1.63. The third-order valence-corrected chi connectivity index (χ3v) is 3.36. The van der Waals surface area contributed by atoms with Crippen LogP contribution in [-0.4, -0.2) is 36.3 Å². The molecule has 102 valence electrons. The minimum Gasteiger partial charge on any atom is -0.382 e. The number of fused-ring (bicyclic) bond motifs is 1. The Balaban J connectivity index is 2.10. The molecule has 0 aliphatic heterocycles. The van der Waals surface area contributed by atoms with Gasteiger partial charge in [-0.15, -0.1) is 0 Å². The number of halogens is 1. The van der Waals surface area contributed by atoms with Crippen molar-refractivity contribution < 1.29 is 9.47 Å². The summed E-state index contributed by atoms with van der Waals surface area (Å²) in [6.45, 7) is 1.60. The lowest BCUT2D eigenvalue weighted by atomic mass is 10.2. The number of ether oxygens (including phenoxy) is 2. The molecule has 0 amide bonds. The summed E-state index contributed by atoms with van der Waals surface area (Å²) in [5.41, 5.74) is 1.30. The molecule has 0 bridgehead atoms. The first-order valence-corrected chi connectivity index (χ1v) is 7.02. The van der Waals surface area contributed by atoms with Crippen molar-refractivity contribution in [1.82, 2.24) is 9.38 Å². The minimum atomic E-state index is -0.0308. The van der Waals surface area contributed by atoms with Gasteiger partial charge < -0.3 is 9.47 Å². The van der Waals surface area contributed by atoms with E-state index in [1.54, 1.807) is 23.9 Å². The van der Waals surface area contributed by atoms with Crippen molar-refractivity contribution in [2.75, 3.05) is 26.9 Å². The molecule has 0 saturated heterocycles. The minimum absolute atomic E-state index is 0.0308. The summed E-state index contributed by atoms with van der Waals surface area (Å²) in [6.07, 6.45) is 3.94. The van der Waals surface area contributed by atoms with E-state index in [9.17, 15) is 4.79 Å². The molecule has 2 heterocycles. The van der Waals surface area contributed by atoms with Crippen LogP contribution in [0.3, 0.4) is 0 Å². The van der Waals surface area contributed by atoms with E-state index in [0.29, 0.717) is 37.5 Å². The second-order valence-corrected chi connectivity index (χ2v) is 5.26. The Kier molecular flexibility index (Phi) is 5.29. The number of hydrogen-bond donors (Lipinski definition) is 0. The monoisotopic (exact) mass is 374 g/mol. The Morgan fingerprint density at radius 2 is 2.21 bits per heavy atom. The zero-order valence-electron chi connectivity index (χ0n) is 10.6. The van der Waals surface area contributed by atoms with Crippen LogP contribution in [0.5, 0.6) is 0 Å². The fourth-order valence-corrected chi connectivity index (χ4v) is 2.13. The van der Waals surface area contributed by atoms with Gasteiger partial charge in [0.1, 0.15) is 5.65 Å². The zero-order valence-corrected chi connectivity index (χ0v) is 12.8. The van der Waals surface area contributed by atoms with Gasteiger partial charge in [0, 0.05) is 35.1 Å². The van der Waals surface area contributed by atoms with Crippen LogP contribution in [0.1, 0.15) is 5.56 Å². The van der Waals surface area contributed by atoms with Crippen molar-refractivity contribution in [2.24, 2.45) is 0 Å². The fraction of sp³-hybridized carbons (Fsp3) is 0.385. The van der Waals surface area contributed by atoms with Crippen LogP contribution >= 0.6 is 22.6 Å². The molecule has 0 spiro atoms. The van der Waals surface area contributed by atoms with E-state index in [-0.39, 0.29) is 5.56 Å². The maximum atomic E-state index is 12.2. The van der Waals surface area contributed by atoms with Crippen LogP contribution < -0.4 is 5.56 Å². The van der Waals surface area contributed by atoms with Gasteiger partial charge in [0.2, 0.25) is 0 Å². The van der Waals surface area contributed by atoms with Gasteiger partial charge in [0.15, 0.2) is 0 Å². The second-order valence-electron chi connectivity index (χ2n) is 4.02. The Labute approximate surface area is 124 Å². The number of rotatable bonds is 6. The zero-order chi connectivity index (χ0) is 13.7. The smallest absolute Gasteiger partial charge is 0.261 e. The average molecular weight is 374 g/mol. The largest absolute Gasteiger partial charge is 0.382 e. The molecule has 0 unspecified atom stereocenters. The van der Waals surface area contributed by atoms with E-state index >= 15 is 0 Å². The van der Waals surface area contributed by atoms with Crippen molar-refractivity contribution in [2.45, 2.75) is 6.42 Å². The van der Waals surface area contributed by atoms with Gasteiger partial charge >= 0.3 is 0 Å². The molecule has 0 aromatic carbocycles. The Morgan fingerprint density at radius 1 is 1.37 bits per heavy atom. The highest BCUT2D eigenvalue weighted by molar-refractivity contribution is 14.1. The SMILES string of the molecule is COCCOCCc1cnc2cc(I)ccn2c1=O. The van der Waals surface area contributed by atoms with E-state index in [2.05, 4.69) is 27.6 Å². The Morgan fingerprint density at radius 3 is 3.00 bits per heavy atom. The summed E-state index contributed by atoms with van der Waals surface area (Å²) in [5.74, 6) is 0. The standard InChI is InChI=1S/C13H15IN2O3/c1-18-6-7-19-5-3-10-9-15-12-8-11(14)2-4-16(12)13(10)17/h2,4,8-9H,3,5-7H2,1H3. The van der Waals surface area contributed by atoms with Gasteiger partial charge in [-0.3, -0.25) is 9.20 Å². The lowest BCUT2D eigenvalue weighted by molar-refractivity contribution is 0.0721. The number of hydrogen-bond acceptors (Lipinski definition) is 4. The predicted octanol–water partition coefficient (Wildman–Crippen LogP) is 1.50. The Hall–Kier alpha value is -0.990. The first kappa shape index (κ1) is 14.4. The van der Waals surface area contributed by atoms with Crippen LogP contribution in [0.2, 0.25) is 0 Å². The highest BCUT2D eigenvalue weighted by Gasteiger charge is 2.05. The molecule has 0 N–H and O–H groups in total. The summed E-state index contributed by atoms with van der Waals surface area (Å²) < 4.78 is 12.9. The topological polar surface area (TPSA) is 52.8 Å². The van der Waals surface area contributed by atoms with Gasteiger partial charge in [0.05, 0.1) is 19.8 Å². The molecule has 2 rings (SSSR count). The van der Waals surface area contributed by atoms with Crippen LogP contribution in [0.15, 0.2) is 29.3 Å². The molecule has 0 fully saturated rings. The van der Waals surface area contributed by atoms with Gasteiger partial charge in [0.25, 0.3) is 5.56 Å². The summed E-state index contributed by atoms with van der Waals surface area (Å²) in [6, 6.07) is 3.76. The van der Waals surface area contributed by atoms with Crippen molar-refractivity contribution in [3.8, 4) is 0 Å². The van der Waals surface area contributed by atoms with Gasteiger partial charge in [-0.1, -0.05) is 0 Å². The molecule has 6 heteroatoms. The summed E-state index contributed by atoms with van der Waals surface area (Å²) in [4.78, 5) is 16.5. The molecule has 0 radical (unpaired) electrons. The molecule has 2 aromatic heterocycles. The van der Waals surface area contributed by atoms with E-state index in [0.717, 1.165) is 3.57 Å². The van der Waals surface area contributed by atoms with E-state index in [4.69, 9.17) is 9.47 Å². The van der Waals surface area contributed by atoms with E-state index < -0.39 is 0 Å².